The second-order valence-electron chi connectivity index (χ2n) is 9.96. The molecule has 174 valence electrons. The van der Waals surface area contributed by atoms with Crippen LogP contribution in [0.4, 0.5) is 5.69 Å². The summed E-state index contributed by atoms with van der Waals surface area (Å²) >= 11 is 7.20. The number of nitrogens with zero attached hydrogens (tertiary/aromatic N) is 2. The van der Waals surface area contributed by atoms with Crippen molar-refractivity contribution in [2.45, 2.75) is 46.5 Å². The molecule has 5 nitrogen and oxygen atoms in total. The lowest BCUT2D eigenvalue weighted by Gasteiger charge is -2.33. The minimum absolute atomic E-state index is 0.00133. The third kappa shape index (κ3) is 7.93. The molecule has 1 amide bonds. The molecular formula is C25H33Br2N3O2. The lowest BCUT2D eigenvalue weighted by atomic mass is 9.72. The van der Waals surface area contributed by atoms with Crippen molar-refractivity contribution in [3.05, 3.63) is 56.5 Å². The van der Waals surface area contributed by atoms with Gasteiger partial charge in [-0.25, -0.2) is 5.43 Å². The number of ether oxygens (including phenoxy) is 1. The molecule has 0 saturated heterocycles. The van der Waals surface area contributed by atoms with Crippen LogP contribution in [0.1, 0.15) is 52.2 Å². The van der Waals surface area contributed by atoms with E-state index in [0.29, 0.717) is 5.75 Å². The Morgan fingerprint density at radius 1 is 1.06 bits per heavy atom. The number of benzene rings is 2. The largest absolute Gasteiger partial charge is 0.481 e. The Balaban J connectivity index is 1.97. The zero-order valence-corrected chi connectivity index (χ0v) is 23.1. The van der Waals surface area contributed by atoms with Gasteiger partial charge >= 0.3 is 0 Å². The van der Waals surface area contributed by atoms with Gasteiger partial charge in [0.15, 0.2) is 6.61 Å². The summed E-state index contributed by atoms with van der Waals surface area (Å²) in [4.78, 5) is 14.2. The summed E-state index contributed by atoms with van der Waals surface area (Å²) in [7, 11) is 3.97. The topological polar surface area (TPSA) is 53.9 Å². The van der Waals surface area contributed by atoms with Gasteiger partial charge in [-0.15, -0.1) is 0 Å². The Hall–Kier alpha value is -1.86. The Bertz CT molecular complexity index is 939. The quantitative estimate of drug-likeness (QED) is 0.292. The number of hydrogen-bond donors (Lipinski definition) is 1. The van der Waals surface area contributed by atoms with E-state index in [2.05, 4.69) is 89.1 Å². The predicted molar refractivity (Wildman–Crippen MR) is 141 cm³/mol. The summed E-state index contributed by atoms with van der Waals surface area (Å²) < 4.78 is 7.37. The van der Waals surface area contributed by atoms with Crippen molar-refractivity contribution >= 4 is 49.7 Å². The Labute approximate surface area is 208 Å². The molecule has 0 bridgehead atoms. The summed E-state index contributed by atoms with van der Waals surface area (Å²) in [6, 6.07) is 12.0. The van der Waals surface area contributed by atoms with Gasteiger partial charge in [0, 0.05) is 19.8 Å². The molecular weight excluding hydrogens is 534 g/mol. The van der Waals surface area contributed by atoms with E-state index in [0.717, 1.165) is 26.6 Å². The lowest BCUT2D eigenvalue weighted by molar-refractivity contribution is -0.123. The fourth-order valence-electron chi connectivity index (χ4n) is 3.72. The van der Waals surface area contributed by atoms with Crippen LogP contribution in [0, 0.1) is 5.41 Å². The number of rotatable bonds is 8. The molecule has 0 aromatic heterocycles. The first-order valence-electron chi connectivity index (χ1n) is 10.5. The third-order valence-corrected chi connectivity index (χ3v) is 6.09. The zero-order chi connectivity index (χ0) is 24.1. The Morgan fingerprint density at radius 3 is 2.12 bits per heavy atom. The zero-order valence-electron chi connectivity index (χ0n) is 19.9. The maximum absolute atomic E-state index is 12.2. The van der Waals surface area contributed by atoms with Gasteiger partial charge in [-0.05, 0) is 84.5 Å². The third-order valence-electron chi connectivity index (χ3n) is 4.91. The molecule has 7 heteroatoms. The molecule has 0 spiro atoms. The van der Waals surface area contributed by atoms with Crippen LogP contribution >= 0.6 is 31.9 Å². The number of amides is 1. The summed E-state index contributed by atoms with van der Waals surface area (Å²) in [6.45, 7) is 11.1. The summed E-state index contributed by atoms with van der Waals surface area (Å²) in [6.07, 6.45) is 2.65. The smallest absolute Gasteiger partial charge is 0.277 e. The molecule has 1 N–H and O–H groups in total. The van der Waals surface area contributed by atoms with E-state index in [9.17, 15) is 4.79 Å². The molecule has 2 rings (SSSR count). The molecule has 0 atom stereocenters. The highest BCUT2D eigenvalue weighted by molar-refractivity contribution is 9.11. The van der Waals surface area contributed by atoms with Crippen LogP contribution in [0.2, 0.25) is 0 Å². The molecule has 0 saturated carbocycles. The van der Waals surface area contributed by atoms with Crippen molar-refractivity contribution in [2.24, 2.45) is 10.5 Å². The van der Waals surface area contributed by atoms with E-state index in [-0.39, 0.29) is 23.3 Å². The van der Waals surface area contributed by atoms with Crippen molar-refractivity contribution in [2.75, 3.05) is 25.6 Å². The average Bonchev–Trinajstić information content (AvgIpc) is 2.65. The highest BCUT2D eigenvalue weighted by Gasteiger charge is 2.28. The van der Waals surface area contributed by atoms with Gasteiger partial charge in [-0.3, -0.25) is 4.79 Å². The van der Waals surface area contributed by atoms with Gasteiger partial charge in [-0.2, -0.15) is 5.10 Å². The molecule has 0 aliphatic carbocycles. The Kier molecular flexibility index (Phi) is 8.94. The molecule has 2 aromatic rings. The Morgan fingerprint density at radius 2 is 1.62 bits per heavy atom. The molecule has 0 aliphatic heterocycles. The maximum atomic E-state index is 12.2. The van der Waals surface area contributed by atoms with Gasteiger partial charge in [-0.1, -0.05) is 46.8 Å². The summed E-state index contributed by atoms with van der Waals surface area (Å²) in [5, 5.41) is 4.01. The number of anilines is 1. The molecule has 0 heterocycles. The fraction of sp³-hybridized carbons (Fsp3) is 0.440. The van der Waals surface area contributed by atoms with Crippen LogP contribution in [0.25, 0.3) is 0 Å². The van der Waals surface area contributed by atoms with E-state index in [1.54, 1.807) is 6.21 Å². The van der Waals surface area contributed by atoms with E-state index in [1.807, 2.05) is 43.3 Å². The van der Waals surface area contributed by atoms with Crippen molar-refractivity contribution in [3.8, 4) is 5.75 Å². The van der Waals surface area contributed by atoms with Crippen LogP contribution in [-0.2, 0) is 10.2 Å². The minimum Gasteiger partial charge on any atom is -0.481 e. The van der Waals surface area contributed by atoms with E-state index in [1.165, 1.54) is 5.56 Å². The number of nitrogens with one attached hydrogen (secondary N) is 1. The molecule has 0 radical (unpaired) electrons. The number of carbonyl (C=O) groups excluding carboxylic acids is 1. The highest BCUT2D eigenvalue weighted by Crippen LogP contribution is 2.42. The molecule has 0 unspecified atom stereocenters. The van der Waals surface area contributed by atoms with Crippen LogP contribution in [-0.4, -0.2) is 32.8 Å². The second-order valence-corrected chi connectivity index (χ2v) is 11.7. The first-order valence-corrected chi connectivity index (χ1v) is 12.1. The van der Waals surface area contributed by atoms with Crippen LogP contribution < -0.4 is 15.1 Å². The van der Waals surface area contributed by atoms with Gasteiger partial charge < -0.3 is 9.64 Å². The van der Waals surface area contributed by atoms with Crippen molar-refractivity contribution in [1.82, 2.24) is 5.43 Å². The second kappa shape index (κ2) is 10.8. The van der Waals surface area contributed by atoms with E-state index < -0.39 is 0 Å². The maximum Gasteiger partial charge on any atom is 0.277 e. The van der Waals surface area contributed by atoms with Crippen LogP contribution in [0.5, 0.6) is 5.75 Å². The molecule has 32 heavy (non-hydrogen) atoms. The summed E-state index contributed by atoms with van der Waals surface area (Å²) in [5.74, 6) is 0.265. The SMILES string of the molecule is CN(C)c1ccc(/C=N/NC(=O)COc2c(Br)cc(C(C)(C)CC(C)(C)C)cc2Br)cc1. The monoisotopic (exact) mass is 565 g/mol. The van der Waals surface area contributed by atoms with Crippen molar-refractivity contribution in [3.63, 3.8) is 0 Å². The highest BCUT2D eigenvalue weighted by atomic mass is 79.9. The van der Waals surface area contributed by atoms with Crippen LogP contribution in [0.3, 0.4) is 0 Å². The molecule has 0 fully saturated rings. The van der Waals surface area contributed by atoms with Crippen molar-refractivity contribution in [1.29, 1.82) is 0 Å². The molecule has 0 aliphatic rings. The normalized spacial score (nSPS) is 12.2. The number of hydrazone groups is 1. The first kappa shape index (κ1) is 26.4. The predicted octanol–water partition coefficient (Wildman–Crippen LogP) is 6.52. The van der Waals surface area contributed by atoms with Gasteiger partial charge in [0.05, 0.1) is 15.2 Å². The van der Waals surface area contributed by atoms with Crippen LogP contribution in [0.15, 0.2) is 50.4 Å². The lowest BCUT2D eigenvalue weighted by Crippen LogP contribution is -2.26. The fourth-order valence-corrected chi connectivity index (χ4v) is 5.14. The van der Waals surface area contributed by atoms with Gasteiger partial charge in [0.25, 0.3) is 5.91 Å². The van der Waals surface area contributed by atoms with E-state index >= 15 is 0 Å². The molecule has 2 aromatic carbocycles. The number of halogens is 2. The number of hydrogen-bond acceptors (Lipinski definition) is 4. The van der Waals surface area contributed by atoms with Gasteiger partial charge in [0.1, 0.15) is 5.75 Å². The minimum atomic E-state index is -0.331. The van der Waals surface area contributed by atoms with Crippen molar-refractivity contribution < 1.29 is 9.53 Å². The standard InChI is InChI=1S/C25H33Br2N3O2/c1-24(2,3)16-25(4,5)18-12-20(26)23(21(27)13-18)32-15-22(31)29-28-14-17-8-10-19(11-9-17)30(6)7/h8-14H,15-16H2,1-7H3,(H,29,31)/b28-14+. The van der Waals surface area contributed by atoms with Gasteiger partial charge in [0.2, 0.25) is 0 Å². The number of carbonyl (C=O) groups is 1. The van der Waals surface area contributed by atoms with E-state index in [4.69, 9.17) is 4.74 Å². The average molecular weight is 567 g/mol. The summed E-state index contributed by atoms with van der Waals surface area (Å²) in [5.41, 5.74) is 5.92. The first-order chi connectivity index (χ1) is 14.8.